The molecule has 3 heterocycles. The van der Waals surface area contributed by atoms with Crippen LogP contribution in [0.1, 0.15) is 41.6 Å². The van der Waals surface area contributed by atoms with Gasteiger partial charge in [0.2, 0.25) is 0 Å². The molecule has 0 unspecified atom stereocenters. The lowest BCUT2D eigenvalue weighted by Gasteiger charge is -2.32. The summed E-state index contributed by atoms with van der Waals surface area (Å²) in [6.07, 6.45) is 6.20. The van der Waals surface area contributed by atoms with Crippen molar-refractivity contribution in [1.82, 2.24) is 25.4 Å². The first-order valence-electron chi connectivity index (χ1n) is 9.08. The zero-order valence-corrected chi connectivity index (χ0v) is 15.0. The van der Waals surface area contributed by atoms with E-state index in [1.54, 1.807) is 10.9 Å². The fourth-order valence-corrected chi connectivity index (χ4v) is 3.91. The third-order valence-electron chi connectivity index (χ3n) is 5.15. The summed E-state index contributed by atoms with van der Waals surface area (Å²) in [6.45, 7) is 0.458. The summed E-state index contributed by atoms with van der Waals surface area (Å²) < 4.78 is 1.67. The van der Waals surface area contributed by atoms with E-state index in [-0.39, 0.29) is 18.0 Å². The summed E-state index contributed by atoms with van der Waals surface area (Å²) in [7, 11) is 1.82. The van der Waals surface area contributed by atoms with E-state index in [1.807, 2.05) is 19.3 Å². The molecule has 9 nitrogen and oxygen atoms in total. The molecule has 2 atom stereocenters. The molecule has 0 spiro atoms. The number of rotatable bonds is 4. The van der Waals surface area contributed by atoms with Gasteiger partial charge in [0.15, 0.2) is 0 Å². The van der Waals surface area contributed by atoms with Crippen molar-refractivity contribution in [2.24, 2.45) is 7.05 Å². The molecule has 0 saturated heterocycles. The quantitative estimate of drug-likeness (QED) is 0.650. The zero-order valence-electron chi connectivity index (χ0n) is 15.0. The molecule has 2 aromatic rings. The molecule has 2 aromatic heterocycles. The molecule has 0 radical (unpaired) electrons. The van der Waals surface area contributed by atoms with Gasteiger partial charge >= 0.3 is 6.09 Å². The number of nitrogens with zero attached hydrogens (tertiary/aromatic N) is 3. The maximum absolute atomic E-state index is 12.3. The van der Waals surface area contributed by atoms with Gasteiger partial charge in [-0.1, -0.05) is 12.8 Å². The monoisotopic (exact) mass is 370 g/mol. The average Bonchev–Trinajstić information content (AvgIpc) is 3.22. The number of carbonyl (C=O) groups is 2. The third-order valence-corrected chi connectivity index (χ3v) is 5.15. The number of carboxylic acid groups (broad SMARTS) is 1. The van der Waals surface area contributed by atoms with Crippen molar-refractivity contribution in [3.8, 4) is 11.3 Å². The van der Waals surface area contributed by atoms with Crippen LogP contribution in [0.5, 0.6) is 0 Å². The standard InChI is InChI=1S/C18H22N6O3/c1-24-9-11(8-20-24)16-15-10(7-19-17(15)25)6-14(23-16)21-12-4-2-3-5-13(12)22-18(26)27/h6,8-9,12-13,22H,2-5,7H2,1H3,(H,19,25)(H,21,23)(H,26,27)/t12-,13-/m1/s1. The van der Waals surface area contributed by atoms with Crippen LogP contribution in [0.4, 0.5) is 10.6 Å². The van der Waals surface area contributed by atoms with Crippen LogP contribution in [0, 0.1) is 0 Å². The molecule has 4 N–H and O–H groups in total. The number of amides is 2. The second-order valence-electron chi connectivity index (χ2n) is 7.07. The minimum Gasteiger partial charge on any atom is -0.465 e. The smallest absolute Gasteiger partial charge is 0.404 e. The molecule has 0 aromatic carbocycles. The first-order valence-corrected chi connectivity index (χ1v) is 9.08. The molecule has 0 bridgehead atoms. The molecule has 2 aliphatic rings. The molecule has 1 saturated carbocycles. The molecule has 142 valence electrons. The highest BCUT2D eigenvalue weighted by Crippen LogP contribution is 2.31. The number of anilines is 1. The predicted octanol–water partition coefficient (Wildman–Crippen LogP) is 1.72. The molecular formula is C18H22N6O3. The second-order valence-corrected chi connectivity index (χ2v) is 7.07. The lowest BCUT2D eigenvalue weighted by atomic mass is 9.90. The number of hydrogen-bond donors (Lipinski definition) is 4. The van der Waals surface area contributed by atoms with E-state index >= 15 is 0 Å². The number of aryl methyl sites for hydroxylation is 1. The fraction of sp³-hybridized carbons (Fsp3) is 0.444. The number of aromatic nitrogens is 3. The molecule has 1 aliphatic carbocycles. The number of carbonyl (C=O) groups excluding carboxylic acids is 1. The highest BCUT2D eigenvalue weighted by Gasteiger charge is 2.29. The van der Waals surface area contributed by atoms with Crippen LogP contribution >= 0.6 is 0 Å². The first-order chi connectivity index (χ1) is 13.0. The van der Waals surface area contributed by atoms with Crippen molar-refractivity contribution >= 4 is 17.8 Å². The molecule has 2 amide bonds. The molecular weight excluding hydrogens is 348 g/mol. The van der Waals surface area contributed by atoms with Gasteiger partial charge in [-0.15, -0.1) is 0 Å². The van der Waals surface area contributed by atoms with Crippen LogP contribution < -0.4 is 16.0 Å². The van der Waals surface area contributed by atoms with Gasteiger partial charge in [-0.25, -0.2) is 9.78 Å². The summed E-state index contributed by atoms with van der Waals surface area (Å²) in [5.41, 5.74) is 2.84. The van der Waals surface area contributed by atoms with E-state index in [1.165, 1.54) is 0 Å². The molecule has 4 rings (SSSR count). The fourth-order valence-electron chi connectivity index (χ4n) is 3.91. The van der Waals surface area contributed by atoms with Crippen molar-refractivity contribution in [3.05, 3.63) is 29.6 Å². The molecule has 9 heteroatoms. The SMILES string of the molecule is Cn1cc(-c2nc(N[C@@H]3CCCC[C@H]3NC(=O)O)cc3c2C(=O)NC3)cn1. The minimum atomic E-state index is -1.01. The first kappa shape index (κ1) is 17.3. The predicted molar refractivity (Wildman–Crippen MR) is 98.4 cm³/mol. The largest absolute Gasteiger partial charge is 0.465 e. The Morgan fingerprint density at radius 2 is 2.11 bits per heavy atom. The third kappa shape index (κ3) is 3.44. The highest BCUT2D eigenvalue weighted by molar-refractivity contribution is 6.04. The average molecular weight is 370 g/mol. The summed E-state index contributed by atoms with van der Waals surface area (Å²) in [5, 5.41) is 22.1. The minimum absolute atomic E-state index is 0.0350. The normalized spacial score (nSPS) is 21.4. The molecule has 27 heavy (non-hydrogen) atoms. The number of pyridine rings is 1. The lowest BCUT2D eigenvalue weighted by molar-refractivity contribution is 0.0966. The summed E-state index contributed by atoms with van der Waals surface area (Å²) in [5.74, 6) is 0.513. The maximum atomic E-state index is 12.3. The van der Waals surface area contributed by atoms with E-state index in [4.69, 9.17) is 5.11 Å². The Kier molecular flexibility index (Phi) is 4.43. The van der Waals surface area contributed by atoms with Crippen LogP contribution in [-0.4, -0.2) is 44.0 Å². The van der Waals surface area contributed by atoms with E-state index in [2.05, 4.69) is 26.0 Å². The lowest BCUT2D eigenvalue weighted by Crippen LogP contribution is -2.48. The number of hydrogen-bond acceptors (Lipinski definition) is 5. The Balaban J connectivity index is 1.67. The van der Waals surface area contributed by atoms with Gasteiger partial charge in [-0.05, 0) is 24.5 Å². The van der Waals surface area contributed by atoms with Gasteiger partial charge in [-0.3, -0.25) is 9.48 Å². The molecule has 1 fully saturated rings. The van der Waals surface area contributed by atoms with Gasteiger partial charge < -0.3 is 21.1 Å². The van der Waals surface area contributed by atoms with E-state index in [9.17, 15) is 9.59 Å². The number of fused-ring (bicyclic) bond motifs is 1. The number of nitrogens with one attached hydrogen (secondary N) is 3. The van der Waals surface area contributed by atoms with Crippen molar-refractivity contribution in [1.29, 1.82) is 0 Å². The highest BCUT2D eigenvalue weighted by atomic mass is 16.4. The Labute approximate surface area is 156 Å². The topological polar surface area (TPSA) is 121 Å². The van der Waals surface area contributed by atoms with E-state index in [0.717, 1.165) is 36.8 Å². The van der Waals surface area contributed by atoms with Crippen molar-refractivity contribution in [2.45, 2.75) is 44.3 Å². The van der Waals surface area contributed by atoms with Crippen LogP contribution in [-0.2, 0) is 13.6 Å². The summed E-state index contributed by atoms with van der Waals surface area (Å²) >= 11 is 0. The second kappa shape index (κ2) is 6.90. The van der Waals surface area contributed by atoms with Crippen LogP contribution in [0.25, 0.3) is 11.3 Å². The maximum Gasteiger partial charge on any atom is 0.404 e. The van der Waals surface area contributed by atoms with E-state index in [0.29, 0.717) is 23.6 Å². The van der Waals surface area contributed by atoms with Gasteiger partial charge in [-0.2, -0.15) is 5.10 Å². The van der Waals surface area contributed by atoms with Gasteiger partial charge in [0.1, 0.15) is 5.82 Å². The van der Waals surface area contributed by atoms with Crippen LogP contribution in [0.15, 0.2) is 18.5 Å². The Bertz CT molecular complexity index is 893. The Hall–Kier alpha value is -3.10. The van der Waals surface area contributed by atoms with Crippen molar-refractivity contribution < 1.29 is 14.7 Å². The van der Waals surface area contributed by atoms with Crippen LogP contribution in [0.2, 0.25) is 0 Å². The van der Waals surface area contributed by atoms with Gasteiger partial charge in [0.05, 0.1) is 23.5 Å². The van der Waals surface area contributed by atoms with Crippen LogP contribution in [0.3, 0.4) is 0 Å². The summed E-state index contributed by atoms with van der Waals surface area (Å²) in [4.78, 5) is 28.0. The summed E-state index contributed by atoms with van der Waals surface area (Å²) in [6, 6.07) is 1.68. The van der Waals surface area contributed by atoms with Crippen molar-refractivity contribution in [2.75, 3.05) is 5.32 Å². The Morgan fingerprint density at radius 1 is 1.33 bits per heavy atom. The molecule has 1 aliphatic heterocycles. The van der Waals surface area contributed by atoms with E-state index < -0.39 is 6.09 Å². The zero-order chi connectivity index (χ0) is 19.0. The van der Waals surface area contributed by atoms with Gasteiger partial charge in [0, 0.05) is 31.4 Å². The van der Waals surface area contributed by atoms with Crippen molar-refractivity contribution in [3.63, 3.8) is 0 Å². The van der Waals surface area contributed by atoms with Gasteiger partial charge in [0.25, 0.3) is 5.91 Å². The Morgan fingerprint density at radius 3 is 2.81 bits per heavy atom.